The normalized spacial score (nSPS) is 12.9. The zero-order chi connectivity index (χ0) is 21.6. The number of carbonyl (C=O) groups excluding carboxylic acids is 1. The Morgan fingerprint density at radius 2 is 1.76 bits per heavy atom. The van der Waals surface area contributed by atoms with E-state index in [1.807, 2.05) is 6.92 Å². The molecule has 0 fully saturated rings. The lowest BCUT2D eigenvalue weighted by molar-refractivity contribution is -0.121. The van der Waals surface area contributed by atoms with E-state index >= 15 is 0 Å². The third-order valence-corrected chi connectivity index (χ3v) is 5.33. The Bertz CT molecular complexity index is 974. The number of amides is 1. The number of nitrogens with zero attached hydrogens (tertiary/aromatic N) is 2. The van der Waals surface area contributed by atoms with E-state index in [0.717, 1.165) is 10.6 Å². The lowest BCUT2D eigenvalue weighted by atomic mass is 10.1. The second-order valence-corrected chi connectivity index (χ2v) is 8.20. The van der Waals surface area contributed by atoms with Gasteiger partial charge in [-0.2, -0.15) is 5.10 Å². The molecule has 0 spiro atoms. The fraction of sp³-hybridized carbons (Fsp3) is 0.300. The van der Waals surface area contributed by atoms with Gasteiger partial charge in [-0.25, -0.2) is 18.2 Å². The Morgan fingerprint density at radius 3 is 2.28 bits per heavy atom. The van der Waals surface area contributed by atoms with E-state index < -0.39 is 22.0 Å². The second kappa shape index (κ2) is 9.51. The van der Waals surface area contributed by atoms with Gasteiger partial charge in [0.25, 0.3) is 5.91 Å². The summed E-state index contributed by atoms with van der Waals surface area (Å²) in [6.07, 6.45) is 1.03. The molecule has 156 valence electrons. The standard InChI is InChI=1S/C20H24FN3O4S/c1-5-28-19-12-10-18(11-13-19)24(29(4,26)27)15(3)20(25)23-22-14(2)16-6-8-17(21)9-7-16/h6-13,15H,5H2,1-4H3,(H,23,25)/b22-14+. The molecule has 0 aliphatic heterocycles. The van der Waals surface area contributed by atoms with Crippen molar-refractivity contribution in [2.75, 3.05) is 17.2 Å². The van der Waals surface area contributed by atoms with Crippen LogP contribution in [0.15, 0.2) is 53.6 Å². The smallest absolute Gasteiger partial charge is 0.263 e. The van der Waals surface area contributed by atoms with Crippen LogP contribution < -0.4 is 14.5 Å². The molecule has 0 saturated heterocycles. The lowest BCUT2D eigenvalue weighted by Gasteiger charge is -2.27. The second-order valence-electron chi connectivity index (χ2n) is 6.34. The summed E-state index contributed by atoms with van der Waals surface area (Å²) in [5.41, 5.74) is 3.79. The molecule has 2 aromatic carbocycles. The van der Waals surface area contributed by atoms with Crippen molar-refractivity contribution in [1.82, 2.24) is 5.43 Å². The number of rotatable bonds is 8. The highest BCUT2D eigenvalue weighted by atomic mass is 32.2. The Morgan fingerprint density at radius 1 is 1.17 bits per heavy atom. The first-order chi connectivity index (χ1) is 13.6. The third-order valence-electron chi connectivity index (χ3n) is 4.09. The van der Waals surface area contributed by atoms with Crippen LogP contribution in [0.2, 0.25) is 0 Å². The van der Waals surface area contributed by atoms with Crippen molar-refractivity contribution >= 4 is 27.3 Å². The molecule has 1 atom stereocenters. The van der Waals surface area contributed by atoms with Crippen LogP contribution in [-0.4, -0.2) is 38.9 Å². The summed E-state index contributed by atoms with van der Waals surface area (Å²) in [6.45, 7) is 5.45. The van der Waals surface area contributed by atoms with Crippen molar-refractivity contribution in [3.8, 4) is 5.75 Å². The molecule has 0 saturated carbocycles. The van der Waals surface area contributed by atoms with Gasteiger partial charge < -0.3 is 4.74 Å². The summed E-state index contributed by atoms with van der Waals surface area (Å²) >= 11 is 0. The van der Waals surface area contributed by atoms with Crippen LogP contribution >= 0.6 is 0 Å². The van der Waals surface area contributed by atoms with Gasteiger partial charge in [-0.3, -0.25) is 9.10 Å². The fourth-order valence-corrected chi connectivity index (χ4v) is 3.83. The van der Waals surface area contributed by atoms with Gasteiger partial charge in [0.1, 0.15) is 17.6 Å². The predicted molar refractivity (Wildman–Crippen MR) is 111 cm³/mol. The number of hydrogen-bond acceptors (Lipinski definition) is 5. The number of anilines is 1. The van der Waals surface area contributed by atoms with E-state index in [2.05, 4.69) is 10.5 Å². The lowest BCUT2D eigenvalue weighted by Crippen LogP contribution is -2.46. The molecule has 0 aliphatic rings. The van der Waals surface area contributed by atoms with Gasteiger partial charge in [-0.15, -0.1) is 0 Å². The average Bonchev–Trinajstić information content (AvgIpc) is 2.67. The van der Waals surface area contributed by atoms with Crippen LogP contribution in [0.4, 0.5) is 10.1 Å². The van der Waals surface area contributed by atoms with Gasteiger partial charge in [0.2, 0.25) is 10.0 Å². The van der Waals surface area contributed by atoms with Crippen molar-refractivity contribution in [1.29, 1.82) is 0 Å². The zero-order valence-corrected chi connectivity index (χ0v) is 17.5. The average molecular weight is 421 g/mol. The zero-order valence-electron chi connectivity index (χ0n) is 16.7. The van der Waals surface area contributed by atoms with Crippen molar-refractivity contribution in [3.05, 3.63) is 59.9 Å². The van der Waals surface area contributed by atoms with E-state index in [1.54, 1.807) is 31.2 Å². The molecular formula is C20H24FN3O4S. The number of ether oxygens (including phenoxy) is 1. The first kappa shape index (κ1) is 22.4. The molecule has 7 nitrogen and oxygen atoms in total. The van der Waals surface area contributed by atoms with Crippen LogP contribution in [0.3, 0.4) is 0 Å². The fourth-order valence-electron chi connectivity index (χ4n) is 2.65. The highest BCUT2D eigenvalue weighted by Crippen LogP contribution is 2.24. The van der Waals surface area contributed by atoms with Crippen LogP contribution in [0.5, 0.6) is 5.75 Å². The van der Waals surface area contributed by atoms with Gasteiger partial charge in [0, 0.05) is 0 Å². The summed E-state index contributed by atoms with van der Waals surface area (Å²) < 4.78 is 44.0. The third kappa shape index (κ3) is 6.02. The maximum Gasteiger partial charge on any atom is 0.263 e. The number of hydrazone groups is 1. The highest BCUT2D eigenvalue weighted by Gasteiger charge is 2.29. The van der Waals surface area contributed by atoms with Gasteiger partial charge >= 0.3 is 0 Å². The molecule has 0 aliphatic carbocycles. The van der Waals surface area contributed by atoms with Crippen LogP contribution in [0.25, 0.3) is 0 Å². The Hall–Kier alpha value is -2.94. The minimum Gasteiger partial charge on any atom is -0.494 e. The number of sulfonamides is 1. The largest absolute Gasteiger partial charge is 0.494 e. The highest BCUT2D eigenvalue weighted by molar-refractivity contribution is 7.92. The molecule has 1 N–H and O–H groups in total. The minimum atomic E-state index is -3.74. The summed E-state index contributed by atoms with van der Waals surface area (Å²) in [5, 5.41) is 3.99. The monoisotopic (exact) mass is 421 g/mol. The molecule has 2 rings (SSSR count). The number of hydrogen-bond donors (Lipinski definition) is 1. The number of nitrogens with one attached hydrogen (secondary N) is 1. The molecule has 0 heterocycles. The minimum absolute atomic E-state index is 0.331. The van der Waals surface area contributed by atoms with Crippen molar-refractivity contribution in [2.45, 2.75) is 26.8 Å². The quantitative estimate of drug-likeness (QED) is 0.524. The van der Waals surface area contributed by atoms with Gasteiger partial charge in [0.05, 0.1) is 24.3 Å². The molecule has 1 amide bonds. The molecule has 2 aromatic rings. The van der Waals surface area contributed by atoms with Crippen LogP contribution in [0.1, 0.15) is 26.3 Å². The Kier molecular flexibility index (Phi) is 7.33. The molecule has 1 unspecified atom stereocenters. The predicted octanol–water partition coefficient (Wildman–Crippen LogP) is 2.92. The SMILES string of the molecule is CCOc1ccc(N(C(C)C(=O)N/N=C(\C)c2ccc(F)cc2)S(C)(=O)=O)cc1. The van der Waals surface area contributed by atoms with E-state index in [1.165, 1.54) is 31.2 Å². The van der Waals surface area contributed by atoms with E-state index in [-0.39, 0.29) is 5.82 Å². The molecule has 0 radical (unpaired) electrons. The topological polar surface area (TPSA) is 88.1 Å². The molecular weight excluding hydrogens is 397 g/mol. The molecule has 0 aromatic heterocycles. The molecule has 0 bridgehead atoms. The van der Waals surface area contributed by atoms with Crippen molar-refractivity contribution < 1.29 is 22.3 Å². The van der Waals surface area contributed by atoms with E-state index in [9.17, 15) is 17.6 Å². The Balaban J connectivity index is 2.20. The van der Waals surface area contributed by atoms with Crippen LogP contribution in [-0.2, 0) is 14.8 Å². The summed E-state index contributed by atoms with van der Waals surface area (Å²) in [6, 6.07) is 11.0. The summed E-state index contributed by atoms with van der Waals surface area (Å²) in [5.74, 6) is -0.384. The van der Waals surface area contributed by atoms with E-state index in [0.29, 0.717) is 29.3 Å². The molecule has 9 heteroatoms. The Labute approximate surface area is 170 Å². The number of carbonyl (C=O) groups is 1. The maximum absolute atomic E-state index is 13.0. The summed E-state index contributed by atoms with van der Waals surface area (Å²) in [4.78, 5) is 12.6. The van der Waals surface area contributed by atoms with Gasteiger partial charge in [-0.05, 0) is 62.7 Å². The van der Waals surface area contributed by atoms with Crippen molar-refractivity contribution in [3.63, 3.8) is 0 Å². The van der Waals surface area contributed by atoms with Gasteiger partial charge in [-0.1, -0.05) is 12.1 Å². The number of benzene rings is 2. The summed E-state index contributed by atoms with van der Waals surface area (Å²) in [7, 11) is -3.74. The maximum atomic E-state index is 13.0. The van der Waals surface area contributed by atoms with Crippen LogP contribution in [0, 0.1) is 5.82 Å². The first-order valence-corrected chi connectivity index (χ1v) is 10.8. The molecule has 29 heavy (non-hydrogen) atoms. The number of halogens is 1. The first-order valence-electron chi connectivity index (χ1n) is 8.95. The van der Waals surface area contributed by atoms with Crippen molar-refractivity contribution in [2.24, 2.45) is 5.10 Å². The van der Waals surface area contributed by atoms with E-state index in [4.69, 9.17) is 4.74 Å². The van der Waals surface area contributed by atoms with Gasteiger partial charge in [0.15, 0.2) is 0 Å².